The number of nitrogens with one attached hydrogen (secondary N) is 1. The molecule has 2 N–H and O–H groups in total. The maximum absolute atomic E-state index is 11.7. The van der Waals surface area contributed by atoms with E-state index in [4.69, 9.17) is 9.84 Å². The van der Waals surface area contributed by atoms with E-state index in [2.05, 4.69) is 5.32 Å². The first-order valence-electron chi connectivity index (χ1n) is 5.76. The van der Waals surface area contributed by atoms with Gasteiger partial charge in [0.05, 0.1) is 18.6 Å². The molecule has 1 fully saturated rings. The smallest absolute Gasteiger partial charge is 0.317 e. The SMILES string of the molecule is COC1(C)CCCN(C(=O)NCCC(=O)O)C1. The maximum Gasteiger partial charge on any atom is 0.317 e. The summed E-state index contributed by atoms with van der Waals surface area (Å²) < 4.78 is 5.39. The van der Waals surface area contributed by atoms with Crippen molar-refractivity contribution in [3.63, 3.8) is 0 Å². The van der Waals surface area contributed by atoms with Crippen molar-refractivity contribution < 1.29 is 19.4 Å². The highest BCUT2D eigenvalue weighted by Gasteiger charge is 2.32. The van der Waals surface area contributed by atoms with Crippen LogP contribution in [-0.4, -0.2) is 54.4 Å². The van der Waals surface area contributed by atoms with Gasteiger partial charge < -0.3 is 20.1 Å². The van der Waals surface area contributed by atoms with E-state index in [1.54, 1.807) is 12.0 Å². The Kier molecular flexibility index (Phi) is 4.74. The summed E-state index contributed by atoms with van der Waals surface area (Å²) in [6, 6.07) is -0.214. The van der Waals surface area contributed by atoms with Gasteiger partial charge in [-0.25, -0.2) is 4.79 Å². The van der Waals surface area contributed by atoms with Crippen LogP contribution in [0.5, 0.6) is 0 Å². The Bertz CT molecular complexity index is 295. The van der Waals surface area contributed by atoms with E-state index in [1.807, 2.05) is 6.92 Å². The molecule has 0 aromatic carbocycles. The number of aliphatic carboxylic acids is 1. The lowest BCUT2D eigenvalue weighted by atomic mass is 9.95. The normalized spacial score (nSPS) is 24.5. The number of hydrogen-bond donors (Lipinski definition) is 2. The quantitative estimate of drug-likeness (QED) is 0.762. The molecule has 1 unspecified atom stereocenters. The Morgan fingerprint density at radius 2 is 2.24 bits per heavy atom. The summed E-state index contributed by atoms with van der Waals surface area (Å²) in [7, 11) is 1.64. The molecule has 0 radical (unpaired) electrons. The zero-order chi connectivity index (χ0) is 12.9. The number of piperidine rings is 1. The van der Waals surface area contributed by atoms with E-state index in [0.717, 1.165) is 12.8 Å². The number of urea groups is 1. The molecule has 0 aromatic rings. The number of carboxylic acid groups (broad SMARTS) is 1. The molecule has 0 aliphatic carbocycles. The third kappa shape index (κ3) is 4.22. The fraction of sp³-hybridized carbons (Fsp3) is 0.818. The van der Waals surface area contributed by atoms with Crippen LogP contribution in [0.4, 0.5) is 4.79 Å². The van der Waals surface area contributed by atoms with Crippen molar-refractivity contribution in [2.45, 2.75) is 31.8 Å². The van der Waals surface area contributed by atoms with E-state index in [0.29, 0.717) is 13.1 Å². The standard InChI is InChI=1S/C11H20N2O4/c1-11(17-2)5-3-7-13(8-11)10(16)12-6-4-9(14)15/h3-8H2,1-2H3,(H,12,16)(H,14,15). The molecule has 1 atom stereocenters. The minimum atomic E-state index is -0.911. The molecule has 0 aromatic heterocycles. The molecule has 0 saturated carbocycles. The van der Waals surface area contributed by atoms with Crippen LogP contribution in [0.2, 0.25) is 0 Å². The first kappa shape index (κ1) is 13.8. The van der Waals surface area contributed by atoms with Gasteiger partial charge in [0.15, 0.2) is 0 Å². The van der Waals surface area contributed by atoms with Crippen molar-refractivity contribution >= 4 is 12.0 Å². The van der Waals surface area contributed by atoms with Gasteiger partial charge in [-0.05, 0) is 19.8 Å². The summed E-state index contributed by atoms with van der Waals surface area (Å²) >= 11 is 0. The van der Waals surface area contributed by atoms with Gasteiger partial charge >= 0.3 is 12.0 Å². The maximum atomic E-state index is 11.7. The van der Waals surface area contributed by atoms with Gasteiger partial charge in [-0.15, -0.1) is 0 Å². The van der Waals surface area contributed by atoms with Gasteiger partial charge in [0.25, 0.3) is 0 Å². The average Bonchev–Trinajstić information content (AvgIpc) is 2.28. The van der Waals surface area contributed by atoms with Crippen LogP contribution in [-0.2, 0) is 9.53 Å². The van der Waals surface area contributed by atoms with E-state index in [-0.39, 0.29) is 24.6 Å². The third-order valence-corrected chi connectivity index (χ3v) is 3.05. The van der Waals surface area contributed by atoms with Gasteiger partial charge in [0, 0.05) is 20.2 Å². The molecule has 0 spiro atoms. The molecule has 0 bridgehead atoms. The second-order valence-corrected chi connectivity index (χ2v) is 4.55. The predicted molar refractivity (Wildman–Crippen MR) is 61.9 cm³/mol. The van der Waals surface area contributed by atoms with Crippen LogP contribution in [0, 0.1) is 0 Å². The van der Waals surface area contributed by atoms with Gasteiger partial charge in [0.1, 0.15) is 0 Å². The molecular formula is C11H20N2O4. The molecule has 6 nitrogen and oxygen atoms in total. The molecule has 17 heavy (non-hydrogen) atoms. The molecule has 1 aliphatic heterocycles. The van der Waals surface area contributed by atoms with Gasteiger partial charge in [0.2, 0.25) is 0 Å². The van der Waals surface area contributed by atoms with Crippen LogP contribution in [0.1, 0.15) is 26.2 Å². The fourth-order valence-electron chi connectivity index (χ4n) is 1.93. The van der Waals surface area contributed by atoms with E-state index in [1.165, 1.54) is 0 Å². The lowest BCUT2D eigenvalue weighted by Gasteiger charge is -2.39. The molecule has 1 saturated heterocycles. The highest BCUT2D eigenvalue weighted by atomic mass is 16.5. The Hall–Kier alpha value is -1.30. The number of methoxy groups -OCH3 is 1. The Labute approximate surface area is 101 Å². The van der Waals surface area contributed by atoms with E-state index in [9.17, 15) is 9.59 Å². The number of carbonyl (C=O) groups excluding carboxylic acids is 1. The first-order valence-corrected chi connectivity index (χ1v) is 5.76. The summed E-state index contributed by atoms with van der Waals surface area (Å²) in [4.78, 5) is 23.7. The van der Waals surface area contributed by atoms with Crippen molar-refractivity contribution in [3.8, 4) is 0 Å². The van der Waals surface area contributed by atoms with Crippen molar-refractivity contribution in [1.29, 1.82) is 0 Å². The zero-order valence-electron chi connectivity index (χ0n) is 10.4. The number of carboxylic acids is 1. The Morgan fingerprint density at radius 1 is 1.53 bits per heavy atom. The summed E-state index contributed by atoms with van der Waals surface area (Å²) in [5.41, 5.74) is -0.289. The van der Waals surface area contributed by atoms with Crippen LogP contribution in [0.25, 0.3) is 0 Å². The fourth-order valence-corrected chi connectivity index (χ4v) is 1.93. The van der Waals surface area contributed by atoms with Crippen LogP contribution < -0.4 is 5.32 Å². The number of hydrogen-bond acceptors (Lipinski definition) is 3. The largest absolute Gasteiger partial charge is 0.481 e. The number of amides is 2. The summed E-state index contributed by atoms with van der Waals surface area (Å²) in [5, 5.41) is 11.1. The van der Waals surface area contributed by atoms with Gasteiger partial charge in [-0.2, -0.15) is 0 Å². The summed E-state index contributed by atoms with van der Waals surface area (Å²) in [6.07, 6.45) is 1.78. The van der Waals surface area contributed by atoms with Crippen molar-refractivity contribution in [1.82, 2.24) is 10.2 Å². The highest BCUT2D eigenvalue weighted by molar-refractivity contribution is 5.75. The molecule has 1 aliphatic rings. The van der Waals surface area contributed by atoms with Crippen LogP contribution in [0.3, 0.4) is 0 Å². The topological polar surface area (TPSA) is 78.9 Å². The van der Waals surface area contributed by atoms with Gasteiger partial charge in [-0.1, -0.05) is 0 Å². The number of carbonyl (C=O) groups is 2. The van der Waals surface area contributed by atoms with E-state index >= 15 is 0 Å². The number of likely N-dealkylation sites (tertiary alicyclic amines) is 1. The predicted octanol–water partition coefficient (Wildman–Crippen LogP) is 0.672. The monoisotopic (exact) mass is 244 g/mol. The van der Waals surface area contributed by atoms with Gasteiger partial charge in [-0.3, -0.25) is 4.79 Å². The molecule has 2 amide bonds. The third-order valence-electron chi connectivity index (χ3n) is 3.05. The van der Waals surface area contributed by atoms with Crippen LogP contribution >= 0.6 is 0 Å². The summed E-state index contributed by atoms with van der Waals surface area (Å²) in [5.74, 6) is -0.911. The van der Waals surface area contributed by atoms with Crippen molar-refractivity contribution in [2.75, 3.05) is 26.7 Å². The summed E-state index contributed by atoms with van der Waals surface area (Å²) in [6.45, 7) is 3.37. The first-order chi connectivity index (χ1) is 7.97. The molecule has 98 valence electrons. The van der Waals surface area contributed by atoms with E-state index < -0.39 is 5.97 Å². The molecule has 1 rings (SSSR count). The van der Waals surface area contributed by atoms with Crippen molar-refractivity contribution in [3.05, 3.63) is 0 Å². The number of rotatable bonds is 4. The average molecular weight is 244 g/mol. The van der Waals surface area contributed by atoms with Crippen molar-refractivity contribution in [2.24, 2.45) is 0 Å². The molecular weight excluding hydrogens is 224 g/mol. The minimum Gasteiger partial charge on any atom is -0.481 e. The van der Waals surface area contributed by atoms with Crippen LogP contribution in [0.15, 0.2) is 0 Å². The lowest BCUT2D eigenvalue weighted by molar-refractivity contribution is -0.136. The lowest BCUT2D eigenvalue weighted by Crippen LogP contribution is -2.52. The zero-order valence-corrected chi connectivity index (χ0v) is 10.4. The number of ether oxygens (including phenoxy) is 1. The Balaban J connectivity index is 2.38. The highest BCUT2D eigenvalue weighted by Crippen LogP contribution is 2.23. The molecule has 1 heterocycles. The Morgan fingerprint density at radius 3 is 2.82 bits per heavy atom. The number of nitrogens with zero attached hydrogens (tertiary/aromatic N) is 1. The minimum absolute atomic E-state index is 0.0544. The second-order valence-electron chi connectivity index (χ2n) is 4.55. The molecule has 6 heteroatoms. The second kappa shape index (κ2) is 5.86.